The molecule has 6 heteroatoms. The quantitative estimate of drug-likeness (QED) is 0.410. The Bertz CT molecular complexity index is 1340. The molecule has 0 radical (unpaired) electrons. The van der Waals surface area contributed by atoms with Crippen LogP contribution in [0, 0.1) is 27.7 Å². The van der Waals surface area contributed by atoms with Crippen LogP contribution >= 0.6 is 11.8 Å². The summed E-state index contributed by atoms with van der Waals surface area (Å²) >= 11 is 1.27. The topological polar surface area (TPSA) is 63.8 Å². The van der Waals surface area contributed by atoms with Crippen LogP contribution in [0.3, 0.4) is 0 Å². The number of aliphatic hydroxyl groups is 1. The Morgan fingerprint density at radius 2 is 1.79 bits per heavy atom. The van der Waals surface area contributed by atoms with E-state index in [1.165, 1.54) is 17.3 Å². The monoisotopic (exact) mass is 472 g/mol. The van der Waals surface area contributed by atoms with Gasteiger partial charge in [0.1, 0.15) is 16.4 Å². The van der Waals surface area contributed by atoms with Crippen LogP contribution in [-0.2, 0) is 9.53 Å². The molecular formula is C28H28N2O3S. The van der Waals surface area contributed by atoms with E-state index in [0.29, 0.717) is 15.6 Å². The van der Waals surface area contributed by atoms with E-state index in [0.717, 1.165) is 28.2 Å². The standard InChI is InChI=1S/C28H28N2O3S/c1-6-33-28(32)25-26(31)24(34-27(25)29-22-12-10-17(2)11-13-22)16-21-15-19(4)30(20(21)5)23-9-7-8-18(3)14-23/h7-16,31H,6H2,1-5H3/b24-16+,29-27?. The molecule has 0 unspecified atom stereocenters. The maximum absolute atomic E-state index is 12.7. The van der Waals surface area contributed by atoms with Crippen LogP contribution in [0.15, 0.2) is 75.8 Å². The molecule has 4 rings (SSSR count). The average molecular weight is 473 g/mol. The Hall–Kier alpha value is -3.51. The fourth-order valence-electron chi connectivity index (χ4n) is 3.97. The highest BCUT2D eigenvalue weighted by Gasteiger charge is 2.33. The number of carbonyl (C=O) groups excluding carboxylic acids is 1. The minimum absolute atomic E-state index is 0.102. The highest BCUT2D eigenvalue weighted by atomic mass is 32.2. The van der Waals surface area contributed by atoms with Gasteiger partial charge in [0.25, 0.3) is 0 Å². The van der Waals surface area contributed by atoms with Gasteiger partial charge >= 0.3 is 5.97 Å². The van der Waals surface area contributed by atoms with Gasteiger partial charge in [0.2, 0.25) is 0 Å². The van der Waals surface area contributed by atoms with Gasteiger partial charge in [0.05, 0.1) is 17.2 Å². The smallest absolute Gasteiger partial charge is 0.344 e. The number of hydrogen-bond acceptors (Lipinski definition) is 5. The molecule has 1 aliphatic heterocycles. The van der Waals surface area contributed by atoms with E-state index in [-0.39, 0.29) is 17.9 Å². The molecule has 0 spiro atoms. The highest BCUT2D eigenvalue weighted by molar-refractivity contribution is 8.18. The number of aliphatic hydroxyl groups excluding tert-OH is 1. The number of thioether (sulfide) groups is 1. The number of carbonyl (C=O) groups is 1. The van der Waals surface area contributed by atoms with Crippen LogP contribution < -0.4 is 0 Å². The number of ether oxygens (including phenoxy) is 1. The normalized spacial score (nSPS) is 16.0. The van der Waals surface area contributed by atoms with E-state index in [2.05, 4.69) is 54.6 Å². The van der Waals surface area contributed by atoms with E-state index in [9.17, 15) is 9.90 Å². The fraction of sp³-hybridized carbons (Fsp3) is 0.214. The van der Waals surface area contributed by atoms with Crippen LogP contribution in [0.4, 0.5) is 5.69 Å². The lowest BCUT2D eigenvalue weighted by molar-refractivity contribution is -0.138. The second-order valence-electron chi connectivity index (χ2n) is 8.31. The van der Waals surface area contributed by atoms with Crippen LogP contribution in [0.25, 0.3) is 11.8 Å². The number of esters is 1. The van der Waals surface area contributed by atoms with Gasteiger partial charge < -0.3 is 14.4 Å². The lowest BCUT2D eigenvalue weighted by Gasteiger charge is -2.10. The maximum Gasteiger partial charge on any atom is 0.344 e. The molecular weight excluding hydrogens is 444 g/mol. The minimum Gasteiger partial charge on any atom is -0.506 e. The molecule has 0 saturated heterocycles. The third-order valence-electron chi connectivity index (χ3n) is 5.65. The molecule has 2 aromatic carbocycles. The SMILES string of the molecule is CCOC(=O)C1=C(O)/C(=C\c2cc(C)n(-c3cccc(C)c3)c2C)SC1=Nc1ccc(C)cc1. The van der Waals surface area contributed by atoms with Gasteiger partial charge in [-0.25, -0.2) is 9.79 Å². The zero-order valence-corrected chi connectivity index (χ0v) is 20.9. The first-order valence-corrected chi connectivity index (χ1v) is 12.0. The predicted molar refractivity (Wildman–Crippen MR) is 140 cm³/mol. The number of aryl methyl sites for hydroxylation is 3. The van der Waals surface area contributed by atoms with Gasteiger partial charge in [-0.2, -0.15) is 0 Å². The predicted octanol–water partition coefficient (Wildman–Crippen LogP) is 6.90. The first-order valence-electron chi connectivity index (χ1n) is 11.2. The number of benzene rings is 2. The molecule has 0 amide bonds. The van der Waals surface area contributed by atoms with E-state index >= 15 is 0 Å². The zero-order valence-electron chi connectivity index (χ0n) is 20.0. The van der Waals surface area contributed by atoms with Crippen molar-refractivity contribution in [1.29, 1.82) is 0 Å². The molecule has 1 aliphatic rings. The van der Waals surface area contributed by atoms with Crippen molar-refractivity contribution in [2.24, 2.45) is 4.99 Å². The van der Waals surface area contributed by atoms with Crippen molar-refractivity contribution in [3.05, 3.63) is 98.9 Å². The fourth-order valence-corrected chi connectivity index (χ4v) is 4.99. The second kappa shape index (κ2) is 9.77. The van der Waals surface area contributed by atoms with Gasteiger partial charge in [-0.1, -0.05) is 41.6 Å². The molecule has 0 fully saturated rings. The van der Waals surface area contributed by atoms with Crippen molar-refractivity contribution in [3.63, 3.8) is 0 Å². The van der Waals surface area contributed by atoms with Crippen molar-refractivity contribution >= 4 is 34.5 Å². The van der Waals surface area contributed by atoms with Crippen LogP contribution in [0.5, 0.6) is 0 Å². The summed E-state index contributed by atoms with van der Waals surface area (Å²) in [5, 5.41) is 11.5. The molecule has 0 saturated carbocycles. The summed E-state index contributed by atoms with van der Waals surface area (Å²) in [4.78, 5) is 17.9. The van der Waals surface area contributed by atoms with Crippen molar-refractivity contribution in [2.75, 3.05) is 6.61 Å². The lowest BCUT2D eigenvalue weighted by atomic mass is 10.1. The molecule has 174 valence electrons. The maximum atomic E-state index is 12.7. The molecule has 34 heavy (non-hydrogen) atoms. The third kappa shape index (κ3) is 4.73. The van der Waals surface area contributed by atoms with Gasteiger partial charge in [0.15, 0.2) is 0 Å². The van der Waals surface area contributed by atoms with Gasteiger partial charge in [0, 0.05) is 17.1 Å². The summed E-state index contributed by atoms with van der Waals surface area (Å²) in [6, 6.07) is 18.1. The molecule has 0 atom stereocenters. The molecule has 1 aromatic heterocycles. The molecule has 5 nitrogen and oxygen atoms in total. The minimum atomic E-state index is -0.577. The van der Waals surface area contributed by atoms with E-state index in [4.69, 9.17) is 4.74 Å². The number of nitrogens with zero attached hydrogens (tertiary/aromatic N) is 2. The number of rotatable bonds is 5. The highest BCUT2D eigenvalue weighted by Crippen LogP contribution is 2.41. The Balaban J connectivity index is 1.77. The van der Waals surface area contributed by atoms with Crippen molar-refractivity contribution in [1.82, 2.24) is 4.57 Å². The summed E-state index contributed by atoms with van der Waals surface area (Å²) in [5.41, 5.74) is 7.31. The summed E-state index contributed by atoms with van der Waals surface area (Å²) in [7, 11) is 0. The van der Waals surface area contributed by atoms with Crippen LogP contribution in [0.1, 0.15) is 35.0 Å². The van der Waals surface area contributed by atoms with E-state index in [1.54, 1.807) is 6.92 Å². The van der Waals surface area contributed by atoms with Crippen molar-refractivity contribution in [3.8, 4) is 5.69 Å². The first kappa shape index (κ1) is 23.6. The Kier molecular flexibility index (Phi) is 6.80. The van der Waals surface area contributed by atoms with E-state index < -0.39 is 5.97 Å². The molecule has 0 aliphatic carbocycles. The van der Waals surface area contributed by atoms with E-state index in [1.807, 2.05) is 43.3 Å². The van der Waals surface area contributed by atoms with Gasteiger partial charge in [-0.05, 0) is 82.2 Å². The lowest BCUT2D eigenvalue weighted by Crippen LogP contribution is -2.12. The second-order valence-corrected chi connectivity index (χ2v) is 9.34. The molecule has 3 aromatic rings. The Morgan fingerprint density at radius 1 is 1.06 bits per heavy atom. The van der Waals surface area contributed by atoms with Gasteiger partial charge in [-0.15, -0.1) is 0 Å². The number of hydrogen-bond donors (Lipinski definition) is 1. The number of aliphatic imine (C=N–C) groups is 1. The van der Waals surface area contributed by atoms with Gasteiger partial charge in [-0.3, -0.25) is 0 Å². The number of aromatic nitrogens is 1. The summed E-state index contributed by atoms with van der Waals surface area (Å²) in [6.45, 7) is 10.1. The molecule has 1 N–H and O–H groups in total. The summed E-state index contributed by atoms with van der Waals surface area (Å²) < 4.78 is 7.40. The summed E-state index contributed by atoms with van der Waals surface area (Å²) in [5.74, 6) is -0.679. The van der Waals surface area contributed by atoms with Crippen LogP contribution in [0.2, 0.25) is 0 Å². The Labute approximate surface area is 204 Å². The molecule has 2 heterocycles. The molecule has 0 bridgehead atoms. The first-order chi connectivity index (χ1) is 16.3. The van der Waals surface area contributed by atoms with Crippen molar-refractivity contribution < 1.29 is 14.6 Å². The average Bonchev–Trinajstić information content (AvgIpc) is 3.25. The summed E-state index contributed by atoms with van der Waals surface area (Å²) in [6.07, 6.45) is 1.91. The zero-order chi connectivity index (χ0) is 24.4. The largest absolute Gasteiger partial charge is 0.506 e. The van der Waals surface area contributed by atoms with Crippen LogP contribution in [-0.4, -0.2) is 27.3 Å². The third-order valence-corrected chi connectivity index (χ3v) is 6.67. The van der Waals surface area contributed by atoms with Crippen molar-refractivity contribution in [2.45, 2.75) is 34.6 Å². The Morgan fingerprint density at radius 3 is 2.47 bits per heavy atom.